The maximum atomic E-state index is 6.05. The van der Waals surface area contributed by atoms with Crippen LogP contribution in [0.15, 0.2) is 48.8 Å². The molecule has 3 aromatic rings. The average Bonchev–Trinajstić information content (AvgIpc) is 3.36. The van der Waals surface area contributed by atoms with Gasteiger partial charge in [-0.1, -0.05) is 18.2 Å². The Morgan fingerprint density at radius 2 is 2.04 bits per heavy atom. The largest absolute Gasteiger partial charge is 0.370 e. The van der Waals surface area contributed by atoms with Crippen LogP contribution in [0.1, 0.15) is 29.5 Å². The molecular formula is C19H23N5O. The Morgan fingerprint density at radius 3 is 2.80 bits per heavy atom. The van der Waals surface area contributed by atoms with Crippen molar-refractivity contribution in [1.82, 2.24) is 24.9 Å². The van der Waals surface area contributed by atoms with Gasteiger partial charge in [0.15, 0.2) is 0 Å². The molecule has 25 heavy (non-hydrogen) atoms. The number of para-hydroxylation sites is 1. The minimum absolute atomic E-state index is 0.000293. The number of aromatic nitrogens is 4. The van der Waals surface area contributed by atoms with Crippen LogP contribution in [-0.4, -0.2) is 32.2 Å². The molecule has 1 N–H and O–H groups in total. The van der Waals surface area contributed by atoms with E-state index in [2.05, 4.69) is 34.6 Å². The van der Waals surface area contributed by atoms with E-state index >= 15 is 0 Å². The lowest BCUT2D eigenvalue weighted by Gasteiger charge is -2.21. The minimum Gasteiger partial charge on any atom is -0.370 e. The van der Waals surface area contributed by atoms with Crippen molar-refractivity contribution in [2.45, 2.75) is 32.0 Å². The van der Waals surface area contributed by atoms with Gasteiger partial charge in [0.05, 0.1) is 17.6 Å². The molecule has 1 aliphatic heterocycles. The van der Waals surface area contributed by atoms with Gasteiger partial charge in [0.2, 0.25) is 0 Å². The van der Waals surface area contributed by atoms with Gasteiger partial charge in [-0.2, -0.15) is 10.2 Å². The maximum Gasteiger partial charge on any atom is 0.115 e. The van der Waals surface area contributed by atoms with Crippen molar-refractivity contribution < 1.29 is 4.74 Å². The van der Waals surface area contributed by atoms with Crippen molar-refractivity contribution in [2.75, 3.05) is 6.61 Å². The molecule has 0 aliphatic carbocycles. The van der Waals surface area contributed by atoms with Crippen LogP contribution in [0.4, 0.5) is 0 Å². The highest BCUT2D eigenvalue weighted by Crippen LogP contribution is 2.30. The third-order valence-corrected chi connectivity index (χ3v) is 4.95. The second-order valence-electron chi connectivity index (χ2n) is 6.45. The zero-order valence-corrected chi connectivity index (χ0v) is 14.6. The highest BCUT2D eigenvalue weighted by atomic mass is 16.5. The lowest BCUT2D eigenvalue weighted by molar-refractivity contribution is 0.0931. The average molecular weight is 337 g/mol. The van der Waals surface area contributed by atoms with Gasteiger partial charge in [0.25, 0.3) is 0 Å². The van der Waals surface area contributed by atoms with Gasteiger partial charge in [-0.15, -0.1) is 0 Å². The van der Waals surface area contributed by atoms with E-state index in [4.69, 9.17) is 4.74 Å². The van der Waals surface area contributed by atoms with Crippen LogP contribution in [0, 0.1) is 6.92 Å². The Kier molecular flexibility index (Phi) is 4.38. The summed E-state index contributed by atoms with van der Waals surface area (Å²) in [4.78, 5) is 0. The minimum atomic E-state index is -0.000293. The topological polar surface area (TPSA) is 56.9 Å². The second kappa shape index (κ2) is 6.82. The van der Waals surface area contributed by atoms with E-state index in [9.17, 15) is 0 Å². The summed E-state index contributed by atoms with van der Waals surface area (Å²) in [5.74, 6) is 0. The van der Waals surface area contributed by atoms with Gasteiger partial charge in [-0.05, 0) is 31.5 Å². The van der Waals surface area contributed by atoms with E-state index < -0.39 is 0 Å². The molecular weight excluding hydrogens is 314 g/mol. The van der Waals surface area contributed by atoms with Crippen molar-refractivity contribution in [1.29, 1.82) is 0 Å². The number of ether oxygens (including phenoxy) is 1. The molecule has 4 rings (SSSR count). The Bertz CT molecular complexity index is 839. The fourth-order valence-electron chi connectivity index (χ4n) is 3.36. The predicted octanol–water partition coefficient (Wildman–Crippen LogP) is 2.53. The van der Waals surface area contributed by atoms with Crippen molar-refractivity contribution in [3.05, 3.63) is 65.7 Å². The van der Waals surface area contributed by atoms with Crippen molar-refractivity contribution in [3.63, 3.8) is 0 Å². The van der Waals surface area contributed by atoms with Crippen LogP contribution < -0.4 is 5.32 Å². The summed E-state index contributed by atoms with van der Waals surface area (Å²) in [6, 6.07) is 12.5. The number of benzene rings is 1. The summed E-state index contributed by atoms with van der Waals surface area (Å²) in [5, 5.41) is 12.5. The van der Waals surface area contributed by atoms with E-state index in [-0.39, 0.29) is 12.1 Å². The number of hydrogen-bond donors (Lipinski definition) is 1. The molecule has 0 radical (unpaired) electrons. The molecule has 0 saturated carbocycles. The monoisotopic (exact) mass is 337 g/mol. The van der Waals surface area contributed by atoms with Gasteiger partial charge in [-0.25, -0.2) is 4.68 Å². The quantitative estimate of drug-likeness (QED) is 0.777. The first-order valence-electron chi connectivity index (χ1n) is 8.66. The molecule has 3 heterocycles. The van der Waals surface area contributed by atoms with E-state index in [1.807, 2.05) is 53.1 Å². The Balaban J connectivity index is 1.53. The van der Waals surface area contributed by atoms with Gasteiger partial charge in [0.1, 0.15) is 6.10 Å². The highest BCUT2D eigenvalue weighted by molar-refractivity contribution is 5.33. The Hall–Kier alpha value is -2.44. The first-order valence-corrected chi connectivity index (χ1v) is 8.66. The maximum absolute atomic E-state index is 6.05. The highest BCUT2D eigenvalue weighted by Gasteiger charge is 2.32. The molecule has 0 spiro atoms. The molecule has 2 aromatic heterocycles. The fourth-order valence-corrected chi connectivity index (χ4v) is 3.36. The first kappa shape index (κ1) is 16.1. The van der Waals surface area contributed by atoms with E-state index in [1.165, 1.54) is 11.3 Å². The summed E-state index contributed by atoms with van der Waals surface area (Å²) in [7, 11) is 1.97. The molecule has 2 atom stereocenters. The Labute approximate surface area is 147 Å². The third kappa shape index (κ3) is 3.10. The zero-order valence-electron chi connectivity index (χ0n) is 14.6. The number of aryl methyl sites for hydroxylation is 1. The third-order valence-electron chi connectivity index (χ3n) is 4.95. The number of rotatable bonds is 5. The second-order valence-corrected chi connectivity index (χ2v) is 6.45. The normalized spacial score (nSPS) is 20.2. The fraction of sp³-hybridized carbons (Fsp3) is 0.368. The summed E-state index contributed by atoms with van der Waals surface area (Å²) in [6.07, 6.45) is 4.76. The van der Waals surface area contributed by atoms with Gasteiger partial charge in [-0.3, -0.25) is 4.68 Å². The molecule has 0 amide bonds. The number of nitrogens with zero attached hydrogens (tertiary/aromatic N) is 4. The molecule has 1 saturated heterocycles. The number of nitrogens with one attached hydrogen (secondary N) is 1. The number of hydrogen-bond acceptors (Lipinski definition) is 4. The molecule has 0 unspecified atom stereocenters. The van der Waals surface area contributed by atoms with Crippen molar-refractivity contribution in [2.24, 2.45) is 7.05 Å². The van der Waals surface area contributed by atoms with Crippen LogP contribution in [0.25, 0.3) is 5.69 Å². The lowest BCUT2D eigenvalue weighted by Crippen LogP contribution is -2.32. The zero-order chi connectivity index (χ0) is 17.2. The molecule has 1 aliphatic rings. The van der Waals surface area contributed by atoms with Crippen LogP contribution in [-0.2, 0) is 18.3 Å². The molecule has 6 heteroatoms. The molecule has 130 valence electrons. The van der Waals surface area contributed by atoms with E-state index in [1.54, 1.807) is 0 Å². The summed E-state index contributed by atoms with van der Waals surface area (Å²) < 4.78 is 9.93. The molecule has 6 nitrogen and oxygen atoms in total. The van der Waals surface area contributed by atoms with Crippen LogP contribution >= 0.6 is 0 Å². The summed E-state index contributed by atoms with van der Waals surface area (Å²) >= 11 is 0. The molecule has 1 aromatic carbocycles. The molecule has 0 bridgehead atoms. The summed E-state index contributed by atoms with van der Waals surface area (Å²) in [5.41, 5.74) is 4.56. The van der Waals surface area contributed by atoms with E-state index in [0.29, 0.717) is 0 Å². The van der Waals surface area contributed by atoms with Gasteiger partial charge >= 0.3 is 0 Å². The van der Waals surface area contributed by atoms with E-state index in [0.717, 1.165) is 31.0 Å². The van der Waals surface area contributed by atoms with Crippen LogP contribution in [0.5, 0.6) is 0 Å². The smallest absolute Gasteiger partial charge is 0.115 e. The van der Waals surface area contributed by atoms with Gasteiger partial charge in [0, 0.05) is 43.7 Å². The van der Waals surface area contributed by atoms with Crippen molar-refractivity contribution >= 4 is 0 Å². The Morgan fingerprint density at radius 1 is 1.20 bits per heavy atom. The SMILES string of the molecule is Cc1c(CN[C@H]2CCO[C@@H]2c2ccnn2-c2ccccc2)cnn1C. The van der Waals surface area contributed by atoms with Crippen LogP contribution in [0.2, 0.25) is 0 Å². The van der Waals surface area contributed by atoms with Crippen molar-refractivity contribution in [3.8, 4) is 5.69 Å². The molecule has 1 fully saturated rings. The standard InChI is InChI=1S/C19H23N5O/c1-14-15(13-22-23(14)2)12-20-17-9-11-25-19(17)18-8-10-21-24(18)16-6-4-3-5-7-16/h3-8,10,13,17,19-20H,9,11-12H2,1-2H3/t17-,19-/m0/s1. The van der Waals surface area contributed by atoms with Crippen LogP contribution in [0.3, 0.4) is 0 Å². The first-order chi connectivity index (χ1) is 12.2. The summed E-state index contributed by atoms with van der Waals surface area (Å²) in [6.45, 7) is 3.65. The lowest BCUT2D eigenvalue weighted by atomic mass is 10.1. The van der Waals surface area contributed by atoms with Gasteiger partial charge < -0.3 is 10.1 Å². The predicted molar refractivity (Wildman–Crippen MR) is 95.4 cm³/mol.